The molecule has 2 atom stereocenters. The third kappa shape index (κ3) is 3.26. The molecule has 0 saturated heterocycles. The van der Waals surface area contributed by atoms with Crippen LogP contribution in [-0.4, -0.2) is 4.92 Å². The fourth-order valence-corrected chi connectivity index (χ4v) is 2.66. The van der Waals surface area contributed by atoms with Gasteiger partial charge < -0.3 is 0 Å². The number of nitrogens with zero attached hydrogens (tertiary/aromatic N) is 3. The molecule has 1 aromatic rings. The molecule has 0 N–H and O–H groups in total. The Kier molecular flexibility index (Phi) is 6.07. The summed E-state index contributed by atoms with van der Waals surface area (Å²) >= 11 is 0. The quantitative estimate of drug-likeness (QED) is 0.568. The van der Waals surface area contributed by atoms with Crippen LogP contribution < -0.4 is 0 Å². The van der Waals surface area contributed by atoms with Crippen LogP contribution in [0, 0.1) is 32.8 Å². The summed E-state index contributed by atoms with van der Waals surface area (Å²) in [6.45, 7) is 7.76. The summed E-state index contributed by atoms with van der Waals surface area (Å²) in [4.78, 5) is 11.1. The van der Waals surface area contributed by atoms with Crippen molar-refractivity contribution in [1.82, 2.24) is 0 Å². The highest BCUT2D eigenvalue weighted by molar-refractivity contribution is 5.63. The fraction of sp³-hybridized carbons (Fsp3) is 0.529. The van der Waals surface area contributed by atoms with Crippen molar-refractivity contribution < 1.29 is 4.92 Å². The van der Waals surface area contributed by atoms with E-state index in [-0.39, 0.29) is 29.5 Å². The molecule has 0 heterocycles. The van der Waals surface area contributed by atoms with E-state index in [1.165, 1.54) is 0 Å². The van der Waals surface area contributed by atoms with E-state index >= 15 is 0 Å². The SMILES string of the molecule is CCC(C)c1cc(CC#N)c(C(C)CC)c([N+](=O)[O-])c1C#N. The van der Waals surface area contributed by atoms with Crippen LogP contribution in [0.1, 0.15) is 74.6 Å². The van der Waals surface area contributed by atoms with Crippen LogP contribution in [0.4, 0.5) is 5.69 Å². The van der Waals surface area contributed by atoms with Crippen molar-refractivity contribution in [2.24, 2.45) is 0 Å². The maximum atomic E-state index is 11.6. The zero-order valence-corrected chi connectivity index (χ0v) is 13.5. The average Bonchev–Trinajstić information content (AvgIpc) is 2.52. The molecule has 0 aliphatic heterocycles. The minimum Gasteiger partial charge on any atom is -0.258 e. The van der Waals surface area contributed by atoms with Crippen molar-refractivity contribution in [3.05, 3.63) is 38.4 Å². The van der Waals surface area contributed by atoms with Gasteiger partial charge in [0.15, 0.2) is 0 Å². The lowest BCUT2D eigenvalue weighted by Gasteiger charge is -2.19. The molecule has 1 rings (SSSR count). The summed E-state index contributed by atoms with van der Waals surface area (Å²) in [5, 5.41) is 30.1. The molecular formula is C17H21N3O2. The number of nitro groups is 1. The molecule has 0 amide bonds. The van der Waals surface area contributed by atoms with E-state index in [2.05, 4.69) is 6.07 Å². The molecule has 0 bridgehead atoms. The summed E-state index contributed by atoms with van der Waals surface area (Å²) < 4.78 is 0. The molecule has 116 valence electrons. The maximum absolute atomic E-state index is 11.6. The van der Waals surface area contributed by atoms with Gasteiger partial charge in [-0.15, -0.1) is 0 Å². The number of nitriles is 2. The zero-order valence-electron chi connectivity index (χ0n) is 13.5. The first-order valence-electron chi connectivity index (χ1n) is 7.53. The molecule has 0 aliphatic carbocycles. The van der Waals surface area contributed by atoms with Crippen molar-refractivity contribution in [2.75, 3.05) is 0 Å². The van der Waals surface area contributed by atoms with E-state index < -0.39 is 4.92 Å². The highest BCUT2D eigenvalue weighted by atomic mass is 16.6. The van der Waals surface area contributed by atoms with Crippen molar-refractivity contribution in [2.45, 2.75) is 58.8 Å². The van der Waals surface area contributed by atoms with Gasteiger partial charge in [-0.1, -0.05) is 33.8 Å². The van der Waals surface area contributed by atoms with Crippen molar-refractivity contribution >= 4 is 5.69 Å². The molecule has 0 spiro atoms. The largest absolute Gasteiger partial charge is 0.291 e. The lowest BCUT2D eigenvalue weighted by Crippen LogP contribution is -2.10. The number of hydrogen-bond acceptors (Lipinski definition) is 4. The van der Waals surface area contributed by atoms with E-state index in [0.717, 1.165) is 6.42 Å². The third-order valence-electron chi connectivity index (χ3n) is 4.27. The predicted octanol–water partition coefficient (Wildman–Crippen LogP) is 4.56. The Hall–Kier alpha value is -2.40. The molecular weight excluding hydrogens is 278 g/mol. The van der Waals surface area contributed by atoms with Crippen LogP contribution in [0.15, 0.2) is 6.07 Å². The monoisotopic (exact) mass is 299 g/mol. The number of benzene rings is 1. The van der Waals surface area contributed by atoms with Gasteiger partial charge in [0.05, 0.1) is 17.4 Å². The summed E-state index contributed by atoms with van der Waals surface area (Å²) in [5.41, 5.74) is 1.93. The molecule has 0 saturated carbocycles. The molecule has 2 unspecified atom stereocenters. The standard InChI is InChI=1S/C17H21N3O2/c1-5-11(3)14-9-13(7-8-18)16(12(4)6-2)17(20(21)22)15(14)10-19/h9,11-12H,5-7H2,1-4H3. The molecule has 1 aromatic carbocycles. The van der Waals surface area contributed by atoms with Crippen molar-refractivity contribution in [3.8, 4) is 12.1 Å². The van der Waals surface area contributed by atoms with Crippen LogP contribution >= 0.6 is 0 Å². The minimum absolute atomic E-state index is 0.0387. The zero-order chi connectivity index (χ0) is 16.9. The topological polar surface area (TPSA) is 90.7 Å². The number of rotatable bonds is 6. The van der Waals surface area contributed by atoms with Crippen LogP contribution in [0.3, 0.4) is 0 Å². The van der Waals surface area contributed by atoms with E-state index in [0.29, 0.717) is 23.1 Å². The number of hydrogen-bond donors (Lipinski definition) is 0. The van der Waals surface area contributed by atoms with Crippen molar-refractivity contribution in [3.63, 3.8) is 0 Å². The first-order chi connectivity index (χ1) is 10.4. The van der Waals surface area contributed by atoms with Crippen LogP contribution in [0.2, 0.25) is 0 Å². The predicted molar refractivity (Wildman–Crippen MR) is 84.5 cm³/mol. The first kappa shape index (κ1) is 17.7. The second-order valence-electron chi connectivity index (χ2n) is 5.58. The second-order valence-corrected chi connectivity index (χ2v) is 5.58. The normalized spacial score (nSPS) is 13.0. The lowest BCUT2D eigenvalue weighted by atomic mass is 9.83. The van der Waals surface area contributed by atoms with Gasteiger partial charge in [0.2, 0.25) is 0 Å². The second kappa shape index (κ2) is 7.56. The molecule has 5 heteroatoms. The Bertz CT molecular complexity index is 653. The molecule has 0 aliphatic rings. The Morgan fingerprint density at radius 2 is 1.82 bits per heavy atom. The smallest absolute Gasteiger partial charge is 0.258 e. The average molecular weight is 299 g/mol. The third-order valence-corrected chi connectivity index (χ3v) is 4.27. The van der Waals surface area contributed by atoms with Gasteiger partial charge in [0.25, 0.3) is 5.69 Å². The molecule has 0 fully saturated rings. The summed E-state index contributed by atoms with van der Waals surface area (Å²) in [6, 6.07) is 5.93. The highest BCUT2D eigenvalue weighted by Crippen LogP contribution is 2.39. The van der Waals surface area contributed by atoms with Gasteiger partial charge in [-0.2, -0.15) is 10.5 Å². The van der Waals surface area contributed by atoms with Gasteiger partial charge in [0.1, 0.15) is 11.6 Å². The van der Waals surface area contributed by atoms with Crippen LogP contribution in [-0.2, 0) is 6.42 Å². The van der Waals surface area contributed by atoms with Gasteiger partial charge in [-0.3, -0.25) is 10.1 Å². The summed E-state index contributed by atoms with van der Waals surface area (Å²) in [5.74, 6) is -0.0291. The van der Waals surface area contributed by atoms with Crippen molar-refractivity contribution in [1.29, 1.82) is 10.5 Å². The fourth-order valence-electron chi connectivity index (χ4n) is 2.66. The Morgan fingerprint density at radius 1 is 1.23 bits per heavy atom. The van der Waals surface area contributed by atoms with Crippen LogP contribution in [0.25, 0.3) is 0 Å². The Morgan fingerprint density at radius 3 is 2.23 bits per heavy atom. The molecule has 0 aromatic heterocycles. The summed E-state index contributed by atoms with van der Waals surface area (Å²) in [7, 11) is 0. The van der Waals surface area contributed by atoms with E-state index in [9.17, 15) is 15.4 Å². The van der Waals surface area contributed by atoms with Gasteiger partial charge in [-0.25, -0.2) is 0 Å². The molecule has 5 nitrogen and oxygen atoms in total. The van der Waals surface area contributed by atoms with Gasteiger partial charge in [0, 0.05) is 5.56 Å². The van der Waals surface area contributed by atoms with E-state index in [1.54, 1.807) is 0 Å². The highest BCUT2D eigenvalue weighted by Gasteiger charge is 2.30. The van der Waals surface area contributed by atoms with E-state index in [4.69, 9.17) is 5.26 Å². The minimum atomic E-state index is -0.465. The Labute approximate surface area is 131 Å². The van der Waals surface area contributed by atoms with Gasteiger partial charge >= 0.3 is 0 Å². The lowest BCUT2D eigenvalue weighted by molar-refractivity contribution is -0.386. The molecule has 0 radical (unpaired) electrons. The van der Waals surface area contributed by atoms with Gasteiger partial charge in [-0.05, 0) is 35.8 Å². The number of nitro benzene ring substituents is 1. The van der Waals surface area contributed by atoms with Crippen LogP contribution in [0.5, 0.6) is 0 Å². The maximum Gasteiger partial charge on any atom is 0.291 e. The summed E-state index contributed by atoms with van der Waals surface area (Å²) in [6.07, 6.45) is 1.61. The Balaban J connectivity index is 3.87. The van der Waals surface area contributed by atoms with E-state index in [1.807, 2.05) is 39.8 Å². The first-order valence-corrected chi connectivity index (χ1v) is 7.53. The molecule has 22 heavy (non-hydrogen) atoms.